The van der Waals surface area contributed by atoms with Gasteiger partial charge in [0, 0.05) is 64.4 Å². The molecule has 1 aromatic carbocycles. The first-order valence-electron chi connectivity index (χ1n) is 9.61. The Kier molecular flexibility index (Phi) is 6.28. The van der Waals surface area contributed by atoms with Crippen LogP contribution in [0.2, 0.25) is 0 Å². The Labute approximate surface area is 147 Å². The number of likely N-dealkylation sites (N-methyl/N-ethyl adjacent to an activating group) is 1. The van der Waals surface area contributed by atoms with Gasteiger partial charge >= 0.3 is 0 Å². The first-order chi connectivity index (χ1) is 11.7. The van der Waals surface area contributed by atoms with Crippen LogP contribution in [0.3, 0.4) is 0 Å². The summed E-state index contributed by atoms with van der Waals surface area (Å²) in [6.07, 6.45) is 1.22. The van der Waals surface area contributed by atoms with Crippen LogP contribution in [-0.4, -0.2) is 80.1 Å². The Morgan fingerprint density at radius 2 is 1.79 bits per heavy atom. The van der Waals surface area contributed by atoms with Crippen molar-refractivity contribution in [2.45, 2.75) is 32.4 Å². The van der Waals surface area contributed by atoms with Crippen LogP contribution in [0.1, 0.15) is 30.5 Å². The lowest BCUT2D eigenvalue weighted by atomic mass is 9.98. The summed E-state index contributed by atoms with van der Waals surface area (Å²) in [4.78, 5) is 7.87. The lowest BCUT2D eigenvalue weighted by Gasteiger charge is -2.44. The molecule has 1 N–H and O–H groups in total. The van der Waals surface area contributed by atoms with Gasteiger partial charge in [0.25, 0.3) is 0 Å². The highest BCUT2D eigenvalue weighted by molar-refractivity contribution is 5.25. The number of hydrogen-bond donors (Lipinski definition) is 1. The number of rotatable bonds is 5. The fourth-order valence-corrected chi connectivity index (χ4v) is 4.03. The third-order valence-electron chi connectivity index (χ3n) is 5.76. The summed E-state index contributed by atoms with van der Waals surface area (Å²) in [5.74, 6) is 0. The van der Waals surface area contributed by atoms with Crippen LogP contribution in [0.4, 0.5) is 0 Å². The Bertz CT molecular complexity index is 493. The summed E-state index contributed by atoms with van der Waals surface area (Å²) in [6.45, 7) is 13.8. The zero-order chi connectivity index (χ0) is 16.9. The minimum Gasteiger partial charge on any atom is -0.314 e. The molecule has 0 saturated carbocycles. The molecular formula is C20H34N4. The SMILES string of the molecule is CCC1CNCCN1C(CN1CCN(C)CC1)c1ccc(C)cc1. The first kappa shape index (κ1) is 17.9. The highest BCUT2D eigenvalue weighted by Crippen LogP contribution is 2.27. The van der Waals surface area contributed by atoms with Crippen molar-refractivity contribution >= 4 is 0 Å². The molecule has 4 heteroatoms. The van der Waals surface area contributed by atoms with Gasteiger partial charge in [-0.2, -0.15) is 0 Å². The van der Waals surface area contributed by atoms with Crippen LogP contribution in [-0.2, 0) is 0 Å². The molecule has 2 fully saturated rings. The van der Waals surface area contributed by atoms with Gasteiger partial charge in [0.15, 0.2) is 0 Å². The molecule has 2 unspecified atom stereocenters. The maximum absolute atomic E-state index is 3.58. The van der Waals surface area contributed by atoms with Gasteiger partial charge in [-0.3, -0.25) is 9.80 Å². The van der Waals surface area contributed by atoms with Crippen LogP contribution < -0.4 is 5.32 Å². The number of nitrogens with zero attached hydrogens (tertiary/aromatic N) is 3. The minimum atomic E-state index is 0.515. The van der Waals surface area contributed by atoms with Gasteiger partial charge in [-0.1, -0.05) is 36.8 Å². The summed E-state index contributed by atoms with van der Waals surface area (Å²) >= 11 is 0. The summed E-state index contributed by atoms with van der Waals surface area (Å²) in [7, 11) is 2.23. The summed E-state index contributed by atoms with van der Waals surface area (Å²) in [6, 6.07) is 10.4. The second kappa shape index (κ2) is 8.43. The molecule has 0 aromatic heterocycles. The molecule has 2 atom stereocenters. The summed E-state index contributed by atoms with van der Waals surface area (Å²) < 4.78 is 0. The van der Waals surface area contributed by atoms with E-state index >= 15 is 0 Å². The maximum Gasteiger partial charge on any atom is 0.0479 e. The Balaban J connectivity index is 1.78. The molecule has 1 aromatic rings. The van der Waals surface area contributed by atoms with Gasteiger partial charge in [0.2, 0.25) is 0 Å². The van der Waals surface area contributed by atoms with E-state index in [0.29, 0.717) is 12.1 Å². The summed E-state index contributed by atoms with van der Waals surface area (Å²) in [5, 5.41) is 3.58. The van der Waals surface area contributed by atoms with E-state index in [1.165, 1.54) is 43.7 Å². The quantitative estimate of drug-likeness (QED) is 0.891. The monoisotopic (exact) mass is 330 g/mol. The standard InChI is InChI=1S/C20H34N4/c1-4-19-15-21-9-10-24(19)20(18-7-5-17(2)6-8-18)16-23-13-11-22(3)12-14-23/h5-8,19-21H,4,9-16H2,1-3H3. The fourth-order valence-electron chi connectivity index (χ4n) is 4.03. The van der Waals surface area contributed by atoms with Crippen LogP contribution in [0.15, 0.2) is 24.3 Å². The molecule has 4 nitrogen and oxygen atoms in total. The molecule has 0 spiro atoms. The van der Waals surface area contributed by atoms with Gasteiger partial charge in [-0.25, -0.2) is 0 Å². The third-order valence-corrected chi connectivity index (χ3v) is 5.76. The molecule has 3 rings (SSSR count). The van der Waals surface area contributed by atoms with E-state index in [1.54, 1.807) is 0 Å². The van der Waals surface area contributed by atoms with E-state index in [1.807, 2.05) is 0 Å². The lowest BCUT2D eigenvalue weighted by Crippen LogP contribution is -2.55. The average molecular weight is 331 g/mol. The molecule has 0 amide bonds. The van der Waals surface area contributed by atoms with Crippen molar-refractivity contribution in [1.29, 1.82) is 0 Å². The van der Waals surface area contributed by atoms with Crippen LogP contribution in [0.25, 0.3) is 0 Å². The third kappa shape index (κ3) is 4.37. The van der Waals surface area contributed by atoms with Crippen molar-refractivity contribution in [1.82, 2.24) is 20.0 Å². The second-order valence-corrected chi connectivity index (χ2v) is 7.53. The van der Waals surface area contributed by atoms with Crippen molar-refractivity contribution in [3.8, 4) is 0 Å². The first-order valence-corrected chi connectivity index (χ1v) is 9.61. The minimum absolute atomic E-state index is 0.515. The molecule has 2 saturated heterocycles. The van der Waals surface area contributed by atoms with E-state index in [-0.39, 0.29) is 0 Å². The van der Waals surface area contributed by atoms with E-state index < -0.39 is 0 Å². The Morgan fingerprint density at radius 1 is 1.08 bits per heavy atom. The Hall–Kier alpha value is -0.940. The molecule has 0 aliphatic carbocycles. The molecule has 2 heterocycles. The van der Waals surface area contributed by atoms with Crippen LogP contribution in [0.5, 0.6) is 0 Å². The zero-order valence-corrected chi connectivity index (χ0v) is 15.7. The fraction of sp³-hybridized carbons (Fsp3) is 0.700. The van der Waals surface area contributed by atoms with Crippen molar-refractivity contribution in [2.24, 2.45) is 0 Å². The maximum atomic E-state index is 3.58. The normalized spacial score (nSPS) is 25.7. The highest BCUT2D eigenvalue weighted by Gasteiger charge is 2.30. The molecule has 2 aliphatic heterocycles. The van der Waals surface area contributed by atoms with Gasteiger partial charge in [0.05, 0.1) is 0 Å². The molecule has 0 bridgehead atoms. The number of aryl methyl sites for hydroxylation is 1. The molecular weight excluding hydrogens is 296 g/mol. The van der Waals surface area contributed by atoms with Crippen LogP contribution >= 0.6 is 0 Å². The van der Waals surface area contributed by atoms with Gasteiger partial charge in [0.1, 0.15) is 0 Å². The van der Waals surface area contributed by atoms with Crippen molar-refractivity contribution in [3.05, 3.63) is 35.4 Å². The van der Waals surface area contributed by atoms with Gasteiger partial charge < -0.3 is 10.2 Å². The predicted molar refractivity (Wildman–Crippen MR) is 102 cm³/mol. The van der Waals surface area contributed by atoms with E-state index in [9.17, 15) is 0 Å². The Morgan fingerprint density at radius 3 is 2.46 bits per heavy atom. The van der Waals surface area contributed by atoms with E-state index in [2.05, 4.69) is 65.2 Å². The number of piperazine rings is 2. The van der Waals surface area contributed by atoms with Gasteiger partial charge in [-0.05, 0) is 26.0 Å². The number of benzene rings is 1. The topological polar surface area (TPSA) is 21.8 Å². The van der Waals surface area contributed by atoms with Crippen molar-refractivity contribution in [3.63, 3.8) is 0 Å². The average Bonchev–Trinajstić information content (AvgIpc) is 2.62. The molecule has 2 aliphatic rings. The second-order valence-electron chi connectivity index (χ2n) is 7.53. The van der Waals surface area contributed by atoms with E-state index in [4.69, 9.17) is 0 Å². The van der Waals surface area contributed by atoms with Crippen molar-refractivity contribution < 1.29 is 0 Å². The number of hydrogen-bond acceptors (Lipinski definition) is 4. The van der Waals surface area contributed by atoms with Crippen LogP contribution in [0, 0.1) is 6.92 Å². The van der Waals surface area contributed by atoms with Gasteiger partial charge in [-0.15, -0.1) is 0 Å². The molecule has 134 valence electrons. The zero-order valence-electron chi connectivity index (χ0n) is 15.7. The highest BCUT2D eigenvalue weighted by atomic mass is 15.3. The smallest absolute Gasteiger partial charge is 0.0479 e. The predicted octanol–water partition coefficient (Wildman–Crippen LogP) is 1.97. The molecule has 0 radical (unpaired) electrons. The molecule has 24 heavy (non-hydrogen) atoms. The lowest BCUT2D eigenvalue weighted by molar-refractivity contribution is 0.0587. The van der Waals surface area contributed by atoms with Crippen molar-refractivity contribution in [2.75, 3.05) is 59.4 Å². The largest absolute Gasteiger partial charge is 0.314 e. The number of nitrogens with one attached hydrogen (secondary N) is 1. The summed E-state index contributed by atoms with van der Waals surface area (Å²) in [5.41, 5.74) is 2.84. The van der Waals surface area contributed by atoms with E-state index in [0.717, 1.165) is 26.2 Å².